The zero-order valence-electron chi connectivity index (χ0n) is 21.2. The number of benzene rings is 2. The van der Waals surface area contributed by atoms with E-state index in [0.29, 0.717) is 27.7 Å². The minimum atomic E-state index is -4.00. The van der Waals surface area contributed by atoms with E-state index in [1.165, 1.54) is 19.0 Å². The Morgan fingerprint density at radius 2 is 1.61 bits per heavy atom. The third-order valence-corrected chi connectivity index (χ3v) is 8.35. The third-order valence-electron chi connectivity index (χ3n) is 5.79. The van der Waals surface area contributed by atoms with E-state index in [4.69, 9.17) is 23.2 Å². The molecule has 2 atom stereocenters. The summed E-state index contributed by atoms with van der Waals surface area (Å²) in [6, 6.07) is 12.5. The molecule has 2 unspecified atom stereocenters. The van der Waals surface area contributed by atoms with Crippen LogP contribution in [0.1, 0.15) is 39.2 Å². The largest absolute Gasteiger partial charge is 0.352 e. The molecular weight excluding hydrogens is 523 g/mol. The topological polar surface area (TPSA) is 90.0 Å². The van der Waals surface area contributed by atoms with E-state index < -0.39 is 28.7 Å². The number of hydrogen-bond acceptors (Lipinski definition) is 4. The molecule has 0 heterocycles. The number of para-hydroxylation sites is 1. The van der Waals surface area contributed by atoms with E-state index in [9.17, 15) is 18.0 Å². The van der Waals surface area contributed by atoms with Gasteiger partial charge < -0.3 is 10.2 Å². The number of nitrogens with zero attached hydrogens (tertiary/aromatic N) is 3. The van der Waals surface area contributed by atoms with E-state index in [2.05, 4.69) is 5.32 Å². The molecular formula is C25H34Cl2N4O4S. The van der Waals surface area contributed by atoms with Gasteiger partial charge in [0.1, 0.15) is 12.6 Å². The van der Waals surface area contributed by atoms with Gasteiger partial charge in [-0.05, 0) is 49.6 Å². The van der Waals surface area contributed by atoms with Gasteiger partial charge in [-0.3, -0.25) is 9.59 Å². The van der Waals surface area contributed by atoms with Gasteiger partial charge in [-0.2, -0.15) is 12.7 Å². The van der Waals surface area contributed by atoms with Gasteiger partial charge in [-0.25, -0.2) is 4.31 Å². The lowest BCUT2D eigenvalue weighted by Gasteiger charge is -2.34. The van der Waals surface area contributed by atoms with Crippen LogP contribution < -0.4 is 9.62 Å². The first-order chi connectivity index (χ1) is 16.9. The molecule has 2 rings (SSSR count). The number of anilines is 1. The molecule has 36 heavy (non-hydrogen) atoms. The van der Waals surface area contributed by atoms with Crippen LogP contribution in [0.15, 0.2) is 48.5 Å². The van der Waals surface area contributed by atoms with Crippen molar-refractivity contribution in [2.45, 2.75) is 52.2 Å². The average molecular weight is 558 g/mol. The van der Waals surface area contributed by atoms with Gasteiger partial charge in [0, 0.05) is 26.7 Å². The third kappa shape index (κ3) is 7.59. The minimum Gasteiger partial charge on any atom is -0.352 e. The smallest absolute Gasteiger partial charge is 0.304 e. The van der Waals surface area contributed by atoms with Crippen molar-refractivity contribution < 1.29 is 18.0 Å². The van der Waals surface area contributed by atoms with Crippen molar-refractivity contribution in [2.75, 3.05) is 24.9 Å². The van der Waals surface area contributed by atoms with Crippen molar-refractivity contribution in [3.63, 3.8) is 0 Å². The Balaban J connectivity index is 2.50. The van der Waals surface area contributed by atoms with E-state index >= 15 is 0 Å². The highest BCUT2D eigenvalue weighted by molar-refractivity contribution is 7.90. The zero-order valence-corrected chi connectivity index (χ0v) is 23.6. The lowest BCUT2D eigenvalue weighted by atomic mass is 10.1. The van der Waals surface area contributed by atoms with Crippen LogP contribution in [0.5, 0.6) is 0 Å². The molecule has 0 saturated heterocycles. The molecule has 2 aromatic rings. The van der Waals surface area contributed by atoms with Crippen LogP contribution in [-0.4, -0.2) is 62.2 Å². The van der Waals surface area contributed by atoms with E-state index in [0.717, 1.165) is 15.0 Å². The Morgan fingerprint density at radius 1 is 0.972 bits per heavy atom. The summed E-state index contributed by atoms with van der Waals surface area (Å²) in [5, 5.41) is 3.62. The minimum absolute atomic E-state index is 0.0484. The Bertz CT molecular complexity index is 1150. The summed E-state index contributed by atoms with van der Waals surface area (Å²) < 4.78 is 28.4. The van der Waals surface area contributed by atoms with Crippen LogP contribution in [0.2, 0.25) is 10.0 Å². The Kier molecular flexibility index (Phi) is 11.0. The molecule has 0 fully saturated rings. The van der Waals surface area contributed by atoms with Crippen molar-refractivity contribution in [3.8, 4) is 0 Å². The highest BCUT2D eigenvalue weighted by atomic mass is 35.5. The fraction of sp³-hybridized carbons (Fsp3) is 0.440. The van der Waals surface area contributed by atoms with Gasteiger partial charge in [0.15, 0.2) is 0 Å². The lowest BCUT2D eigenvalue weighted by molar-refractivity contribution is -0.140. The predicted octanol–water partition coefficient (Wildman–Crippen LogP) is 4.33. The molecule has 0 radical (unpaired) electrons. The SMILES string of the molecule is CCC(C)NC(=O)C(CC)N(Cc1ccc(Cl)c(Cl)c1)C(=O)CN(c1ccccc1)S(=O)(=O)N(C)C. The maximum atomic E-state index is 13.8. The second-order valence-corrected chi connectivity index (χ2v) is 11.5. The molecule has 0 spiro atoms. The number of rotatable bonds is 12. The van der Waals surface area contributed by atoms with Gasteiger partial charge in [-0.1, -0.05) is 61.3 Å². The monoisotopic (exact) mass is 556 g/mol. The van der Waals surface area contributed by atoms with Gasteiger partial charge in [0.2, 0.25) is 11.8 Å². The lowest BCUT2D eigenvalue weighted by Crippen LogP contribution is -2.54. The van der Waals surface area contributed by atoms with Crippen molar-refractivity contribution >= 4 is 50.9 Å². The molecule has 0 saturated carbocycles. The normalized spacial score (nSPS) is 13.2. The van der Waals surface area contributed by atoms with Crippen molar-refractivity contribution in [2.24, 2.45) is 0 Å². The maximum absolute atomic E-state index is 13.8. The number of nitrogens with one attached hydrogen (secondary N) is 1. The summed E-state index contributed by atoms with van der Waals surface area (Å²) in [7, 11) is -1.20. The summed E-state index contributed by atoms with van der Waals surface area (Å²) in [5.41, 5.74) is 1.00. The number of carbonyl (C=O) groups excluding carboxylic acids is 2. The molecule has 0 aliphatic heterocycles. The van der Waals surface area contributed by atoms with Gasteiger partial charge in [0.05, 0.1) is 15.7 Å². The van der Waals surface area contributed by atoms with Gasteiger partial charge >= 0.3 is 10.2 Å². The number of carbonyl (C=O) groups is 2. The first-order valence-corrected chi connectivity index (χ1v) is 13.9. The summed E-state index contributed by atoms with van der Waals surface area (Å²) >= 11 is 12.2. The van der Waals surface area contributed by atoms with Crippen LogP contribution >= 0.6 is 23.2 Å². The Hall–Kier alpha value is -2.33. The molecule has 2 amide bonds. The van der Waals surface area contributed by atoms with Crippen LogP contribution in [0, 0.1) is 0 Å². The standard InChI is InChI=1S/C25H34Cl2N4O4S/c1-6-18(3)28-25(33)23(7-2)30(16-19-13-14-21(26)22(27)15-19)24(32)17-31(36(34,35)29(4)5)20-11-9-8-10-12-20/h8-15,18,23H,6-7,16-17H2,1-5H3,(H,28,33). The van der Waals surface area contributed by atoms with E-state index in [1.807, 2.05) is 20.8 Å². The Labute approximate surface area is 224 Å². The predicted molar refractivity (Wildman–Crippen MR) is 145 cm³/mol. The maximum Gasteiger partial charge on any atom is 0.304 e. The molecule has 8 nitrogen and oxygen atoms in total. The molecule has 0 aromatic heterocycles. The van der Waals surface area contributed by atoms with Crippen molar-refractivity contribution in [3.05, 3.63) is 64.1 Å². The summed E-state index contributed by atoms with van der Waals surface area (Å²) in [4.78, 5) is 28.3. The zero-order chi connectivity index (χ0) is 27.0. The van der Waals surface area contributed by atoms with Crippen LogP contribution in [-0.2, 0) is 26.3 Å². The summed E-state index contributed by atoms with van der Waals surface area (Å²) in [5.74, 6) is -0.830. The fourth-order valence-corrected chi connectivity index (χ4v) is 4.88. The number of amides is 2. The van der Waals surface area contributed by atoms with Crippen molar-refractivity contribution in [1.29, 1.82) is 0 Å². The van der Waals surface area contributed by atoms with E-state index in [1.54, 1.807) is 48.5 Å². The number of halogens is 2. The second kappa shape index (κ2) is 13.3. The highest BCUT2D eigenvalue weighted by Gasteiger charge is 2.34. The Morgan fingerprint density at radius 3 is 2.14 bits per heavy atom. The van der Waals surface area contributed by atoms with Gasteiger partial charge in [-0.15, -0.1) is 0 Å². The van der Waals surface area contributed by atoms with Crippen LogP contribution in [0.4, 0.5) is 5.69 Å². The average Bonchev–Trinajstić information content (AvgIpc) is 2.84. The summed E-state index contributed by atoms with van der Waals surface area (Å²) in [6.45, 7) is 5.21. The van der Waals surface area contributed by atoms with Crippen LogP contribution in [0.3, 0.4) is 0 Å². The highest BCUT2D eigenvalue weighted by Crippen LogP contribution is 2.25. The van der Waals surface area contributed by atoms with Gasteiger partial charge in [0.25, 0.3) is 0 Å². The second-order valence-electron chi connectivity index (χ2n) is 8.64. The van der Waals surface area contributed by atoms with Crippen LogP contribution in [0.25, 0.3) is 0 Å². The molecule has 0 bridgehead atoms. The molecule has 2 aromatic carbocycles. The first kappa shape index (κ1) is 29.9. The summed E-state index contributed by atoms with van der Waals surface area (Å²) in [6.07, 6.45) is 1.06. The molecule has 0 aliphatic rings. The molecule has 198 valence electrons. The quantitative estimate of drug-likeness (QED) is 0.421. The first-order valence-electron chi connectivity index (χ1n) is 11.7. The van der Waals surface area contributed by atoms with E-state index in [-0.39, 0.29) is 18.5 Å². The fourth-order valence-electron chi connectivity index (χ4n) is 3.51. The molecule has 11 heteroatoms. The van der Waals surface area contributed by atoms with Crippen molar-refractivity contribution in [1.82, 2.24) is 14.5 Å². The molecule has 1 N–H and O–H groups in total. The molecule has 0 aliphatic carbocycles. The number of hydrogen-bond donors (Lipinski definition) is 1.